The van der Waals surface area contributed by atoms with E-state index in [1.54, 1.807) is 17.9 Å². The number of aryl methyl sites for hydroxylation is 1. The topological polar surface area (TPSA) is 76.2 Å². The van der Waals surface area contributed by atoms with Gasteiger partial charge in [-0.05, 0) is 0 Å². The van der Waals surface area contributed by atoms with E-state index >= 15 is 0 Å². The van der Waals surface area contributed by atoms with Gasteiger partial charge >= 0.3 is 6.03 Å². The molecule has 0 saturated carbocycles. The molecule has 0 aliphatic carbocycles. The lowest BCUT2D eigenvalue weighted by molar-refractivity contribution is 0.241. The second-order valence-corrected chi connectivity index (χ2v) is 3.05. The molecule has 2 amide bonds. The van der Waals surface area contributed by atoms with Crippen molar-refractivity contribution in [2.45, 2.75) is 6.17 Å². The number of hydrogen-bond donors (Lipinski definition) is 2. The summed E-state index contributed by atoms with van der Waals surface area (Å²) in [5.74, 6) is 0.624. The third kappa shape index (κ3) is 0.988. The van der Waals surface area contributed by atoms with Crippen molar-refractivity contribution in [2.75, 3.05) is 11.9 Å². The van der Waals surface area contributed by atoms with Gasteiger partial charge in [-0.15, -0.1) is 0 Å². The second-order valence-electron chi connectivity index (χ2n) is 3.05. The summed E-state index contributed by atoms with van der Waals surface area (Å²) in [4.78, 5) is 16.8. The number of nitrogens with two attached hydrogens (primary N) is 1. The number of aromatic nitrogens is 2. The zero-order valence-electron chi connectivity index (χ0n) is 7.48. The van der Waals surface area contributed by atoms with E-state index in [9.17, 15) is 4.79 Å². The van der Waals surface area contributed by atoms with Gasteiger partial charge in [-0.1, -0.05) is 0 Å². The fourth-order valence-electron chi connectivity index (χ4n) is 1.44. The number of nitrogens with zero attached hydrogens (tertiary/aromatic N) is 3. The number of amides is 2. The van der Waals surface area contributed by atoms with Crippen LogP contribution in [-0.2, 0) is 7.05 Å². The van der Waals surface area contributed by atoms with Crippen molar-refractivity contribution in [3.8, 4) is 0 Å². The van der Waals surface area contributed by atoms with Crippen molar-refractivity contribution in [2.24, 2.45) is 12.8 Å². The highest BCUT2D eigenvalue weighted by molar-refractivity contribution is 5.93. The zero-order valence-corrected chi connectivity index (χ0v) is 7.48. The lowest BCUT2D eigenvalue weighted by Gasteiger charge is -2.27. The van der Waals surface area contributed by atoms with Crippen LogP contribution in [0.3, 0.4) is 0 Å². The Bertz CT molecular complexity index is 358. The van der Waals surface area contributed by atoms with Crippen LogP contribution in [0.1, 0.15) is 11.9 Å². The highest BCUT2D eigenvalue weighted by atomic mass is 16.2. The van der Waals surface area contributed by atoms with Gasteiger partial charge in [0.25, 0.3) is 0 Å². The minimum atomic E-state index is -0.466. The minimum Gasteiger partial charge on any atom is -0.333 e. The van der Waals surface area contributed by atoms with Crippen LogP contribution in [0.25, 0.3) is 0 Å². The Morgan fingerprint density at radius 2 is 2.31 bits per heavy atom. The molecule has 0 aromatic carbocycles. The summed E-state index contributed by atoms with van der Waals surface area (Å²) in [6.45, 7) is 0. The molecule has 6 nitrogen and oxygen atoms in total. The fraction of sp³-hybridized carbons (Fsp3) is 0.429. The molecule has 1 aliphatic rings. The van der Waals surface area contributed by atoms with Crippen LogP contribution in [0.2, 0.25) is 0 Å². The number of carbonyl (C=O) groups excluding carboxylic acids is 1. The number of rotatable bonds is 0. The zero-order chi connectivity index (χ0) is 9.59. The smallest absolute Gasteiger partial charge is 0.324 e. The monoisotopic (exact) mass is 181 g/mol. The molecule has 1 atom stereocenters. The maximum Gasteiger partial charge on any atom is 0.324 e. The Morgan fingerprint density at radius 3 is 3.00 bits per heavy atom. The van der Waals surface area contributed by atoms with Crippen LogP contribution in [-0.4, -0.2) is 22.6 Å². The number of nitrogens with one attached hydrogen (secondary N) is 1. The van der Waals surface area contributed by atoms with Gasteiger partial charge in [0.2, 0.25) is 0 Å². The number of hydrogen-bond acceptors (Lipinski definition) is 3. The molecule has 13 heavy (non-hydrogen) atoms. The molecule has 0 radical (unpaired) electrons. The first kappa shape index (κ1) is 8.06. The maximum absolute atomic E-state index is 11.3. The van der Waals surface area contributed by atoms with E-state index in [0.29, 0.717) is 5.82 Å². The molecule has 1 aromatic rings. The van der Waals surface area contributed by atoms with E-state index < -0.39 is 6.17 Å². The minimum absolute atomic E-state index is 0.223. The largest absolute Gasteiger partial charge is 0.333 e. The normalized spacial score (nSPS) is 21.3. The van der Waals surface area contributed by atoms with E-state index in [-0.39, 0.29) is 6.03 Å². The molecular formula is C7H11N5O. The van der Waals surface area contributed by atoms with Crippen molar-refractivity contribution in [3.63, 3.8) is 0 Å². The van der Waals surface area contributed by atoms with Gasteiger partial charge < -0.3 is 15.6 Å². The number of anilines is 1. The van der Waals surface area contributed by atoms with E-state index in [1.807, 2.05) is 7.05 Å². The maximum atomic E-state index is 11.3. The third-order valence-corrected chi connectivity index (χ3v) is 2.16. The predicted molar refractivity (Wildman–Crippen MR) is 47.1 cm³/mol. The summed E-state index contributed by atoms with van der Waals surface area (Å²) in [5.41, 5.74) is 6.55. The second kappa shape index (κ2) is 2.46. The molecular weight excluding hydrogens is 170 g/mol. The average Bonchev–Trinajstić information content (AvgIpc) is 2.44. The predicted octanol–water partition coefficient (Wildman–Crippen LogP) is -0.463. The first-order valence-electron chi connectivity index (χ1n) is 3.92. The molecule has 2 rings (SSSR count). The standard InChI is InChI=1S/C7H11N5O/c1-11-3-9-6-4(11)5(8)10-7(13)12(6)2/h3,5H,8H2,1-2H3,(H,10,13). The quantitative estimate of drug-likeness (QED) is 0.568. The Hall–Kier alpha value is -1.56. The van der Waals surface area contributed by atoms with Crippen LogP contribution in [0.15, 0.2) is 6.33 Å². The SMILES string of the molecule is CN1C(=O)NC(N)c2c1ncn2C. The Balaban J connectivity index is 2.55. The third-order valence-electron chi connectivity index (χ3n) is 2.16. The van der Waals surface area contributed by atoms with E-state index in [0.717, 1.165) is 5.69 Å². The average molecular weight is 181 g/mol. The summed E-state index contributed by atoms with van der Waals surface area (Å²) in [7, 11) is 3.50. The van der Waals surface area contributed by atoms with E-state index in [4.69, 9.17) is 5.73 Å². The first-order chi connectivity index (χ1) is 6.11. The number of urea groups is 1. The summed E-state index contributed by atoms with van der Waals surface area (Å²) in [6, 6.07) is -0.223. The molecule has 1 aliphatic heterocycles. The molecule has 3 N–H and O–H groups in total. The van der Waals surface area contributed by atoms with Gasteiger partial charge in [-0.3, -0.25) is 4.90 Å². The van der Waals surface area contributed by atoms with Gasteiger partial charge in [0, 0.05) is 14.1 Å². The van der Waals surface area contributed by atoms with Gasteiger partial charge in [-0.2, -0.15) is 0 Å². The molecule has 1 aromatic heterocycles. The van der Waals surface area contributed by atoms with Crippen LogP contribution in [0.4, 0.5) is 10.6 Å². The number of fused-ring (bicyclic) bond motifs is 1. The molecule has 0 bridgehead atoms. The van der Waals surface area contributed by atoms with Crippen LogP contribution in [0, 0.1) is 0 Å². The van der Waals surface area contributed by atoms with Gasteiger partial charge in [-0.25, -0.2) is 9.78 Å². The van der Waals surface area contributed by atoms with Crippen molar-refractivity contribution >= 4 is 11.8 Å². The molecule has 2 heterocycles. The number of imidazole rings is 1. The summed E-state index contributed by atoms with van der Waals surface area (Å²) in [6.07, 6.45) is 1.17. The fourth-order valence-corrected chi connectivity index (χ4v) is 1.44. The molecule has 1 unspecified atom stereocenters. The van der Waals surface area contributed by atoms with E-state index in [2.05, 4.69) is 10.3 Å². The molecule has 70 valence electrons. The highest BCUT2D eigenvalue weighted by Crippen LogP contribution is 2.24. The van der Waals surface area contributed by atoms with Crippen LogP contribution < -0.4 is 16.0 Å². The lowest BCUT2D eigenvalue weighted by Crippen LogP contribution is -2.48. The van der Waals surface area contributed by atoms with E-state index in [1.165, 1.54) is 4.90 Å². The Labute approximate surface area is 75.3 Å². The Morgan fingerprint density at radius 1 is 1.62 bits per heavy atom. The molecule has 0 saturated heterocycles. The van der Waals surface area contributed by atoms with Crippen molar-refractivity contribution in [1.82, 2.24) is 14.9 Å². The first-order valence-corrected chi connectivity index (χ1v) is 3.92. The van der Waals surface area contributed by atoms with Crippen molar-refractivity contribution < 1.29 is 4.79 Å². The van der Waals surface area contributed by atoms with Crippen LogP contribution >= 0.6 is 0 Å². The lowest BCUT2D eigenvalue weighted by atomic mass is 10.3. The summed E-state index contributed by atoms with van der Waals surface area (Å²) in [5, 5.41) is 2.62. The highest BCUT2D eigenvalue weighted by Gasteiger charge is 2.29. The van der Waals surface area contributed by atoms with Gasteiger partial charge in [0.1, 0.15) is 6.17 Å². The van der Waals surface area contributed by atoms with Crippen molar-refractivity contribution in [1.29, 1.82) is 0 Å². The summed E-state index contributed by atoms with van der Waals surface area (Å²) < 4.78 is 1.80. The van der Waals surface area contributed by atoms with Crippen LogP contribution in [0.5, 0.6) is 0 Å². The summed E-state index contributed by atoms with van der Waals surface area (Å²) >= 11 is 0. The van der Waals surface area contributed by atoms with Gasteiger partial charge in [0.05, 0.1) is 12.0 Å². The molecule has 0 fully saturated rings. The van der Waals surface area contributed by atoms with Gasteiger partial charge in [0.15, 0.2) is 5.82 Å². The molecule has 6 heteroatoms. The Kier molecular flexibility index (Phi) is 1.53. The number of carbonyl (C=O) groups is 1. The molecule has 0 spiro atoms. The van der Waals surface area contributed by atoms with Crippen molar-refractivity contribution in [3.05, 3.63) is 12.0 Å².